The fourth-order valence-corrected chi connectivity index (χ4v) is 7.07. The second kappa shape index (κ2) is 9.62. The number of rotatable bonds is 8. The summed E-state index contributed by atoms with van der Waals surface area (Å²) in [4.78, 5) is 28.0. The Morgan fingerprint density at radius 3 is 2.58 bits per heavy atom. The number of fused-ring (bicyclic) bond motifs is 1. The first-order valence-corrected chi connectivity index (χ1v) is 13.3. The van der Waals surface area contributed by atoms with E-state index in [9.17, 15) is 18.0 Å². The number of benzene rings is 2. The highest BCUT2D eigenvalue weighted by Crippen LogP contribution is 2.32. The zero-order valence-corrected chi connectivity index (χ0v) is 20.3. The summed E-state index contributed by atoms with van der Waals surface area (Å²) in [5.74, 6) is -0.724. The van der Waals surface area contributed by atoms with Crippen LogP contribution in [0.2, 0.25) is 0 Å². The van der Waals surface area contributed by atoms with Gasteiger partial charge in [-0.2, -0.15) is 4.31 Å². The van der Waals surface area contributed by atoms with Crippen molar-refractivity contribution in [1.29, 1.82) is 0 Å². The van der Waals surface area contributed by atoms with E-state index in [4.69, 9.17) is 0 Å². The summed E-state index contributed by atoms with van der Waals surface area (Å²) in [6, 6.07) is 17.0. The number of carbonyl (C=O) groups is 2. The molecule has 2 aromatic carbocycles. The van der Waals surface area contributed by atoms with Gasteiger partial charge in [0.2, 0.25) is 11.8 Å². The molecule has 1 aliphatic heterocycles. The molecule has 3 aromatic rings. The van der Waals surface area contributed by atoms with Crippen molar-refractivity contribution in [3.63, 3.8) is 0 Å². The van der Waals surface area contributed by atoms with Crippen LogP contribution in [0.1, 0.15) is 25.1 Å². The molecule has 2 amide bonds. The predicted octanol–water partition coefficient (Wildman–Crippen LogP) is 3.60. The van der Waals surface area contributed by atoms with Crippen LogP contribution in [0.15, 0.2) is 58.8 Å². The summed E-state index contributed by atoms with van der Waals surface area (Å²) in [6.07, 6.45) is 0.154. The van der Waals surface area contributed by atoms with Crippen LogP contribution in [0, 0.1) is 5.92 Å². The van der Waals surface area contributed by atoms with Crippen molar-refractivity contribution in [3.8, 4) is 0 Å². The molecule has 0 spiro atoms. The Bertz CT molecular complexity index is 1280. The average molecular weight is 486 g/mol. The van der Waals surface area contributed by atoms with Crippen LogP contribution in [0.3, 0.4) is 0 Å². The van der Waals surface area contributed by atoms with Gasteiger partial charge in [0.05, 0.1) is 18.2 Å². The molecule has 9 heteroatoms. The van der Waals surface area contributed by atoms with Crippen molar-refractivity contribution in [2.24, 2.45) is 5.92 Å². The zero-order valence-electron chi connectivity index (χ0n) is 18.7. The average Bonchev–Trinajstić information content (AvgIpc) is 3.45. The minimum atomic E-state index is -3.51. The molecule has 1 atom stereocenters. The summed E-state index contributed by atoms with van der Waals surface area (Å²) in [7, 11) is -3.51. The number of nitrogens with zero attached hydrogens (tertiary/aromatic N) is 2. The second-order valence-corrected chi connectivity index (χ2v) is 11.3. The molecule has 0 saturated carbocycles. The molecule has 1 aliphatic rings. The van der Waals surface area contributed by atoms with Gasteiger partial charge < -0.3 is 10.2 Å². The Morgan fingerprint density at radius 1 is 1.09 bits per heavy atom. The Labute approximate surface area is 198 Å². The maximum atomic E-state index is 12.8. The lowest BCUT2D eigenvalue weighted by atomic mass is 10.1. The number of thiophene rings is 1. The first-order valence-electron chi connectivity index (χ1n) is 11.0. The van der Waals surface area contributed by atoms with Gasteiger partial charge in [-0.1, -0.05) is 50.2 Å². The minimum Gasteiger partial charge on any atom is -0.351 e. The fraction of sp³-hybridized carbons (Fsp3) is 0.333. The molecule has 0 bridgehead atoms. The van der Waals surface area contributed by atoms with E-state index >= 15 is 0 Å². The van der Waals surface area contributed by atoms with Crippen molar-refractivity contribution in [2.75, 3.05) is 24.5 Å². The van der Waals surface area contributed by atoms with Gasteiger partial charge in [0, 0.05) is 36.3 Å². The lowest BCUT2D eigenvalue weighted by Crippen LogP contribution is -2.32. The monoisotopic (exact) mass is 485 g/mol. The van der Waals surface area contributed by atoms with Crippen molar-refractivity contribution in [2.45, 2.75) is 31.0 Å². The number of carbonyl (C=O) groups excluding carboxylic acids is 2. The number of anilines is 1. The van der Waals surface area contributed by atoms with Gasteiger partial charge >= 0.3 is 0 Å². The maximum absolute atomic E-state index is 12.8. The third-order valence-electron chi connectivity index (χ3n) is 5.93. The van der Waals surface area contributed by atoms with Gasteiger partial charge in [0.15, 0.2) is 0 Å². The van der Waals surface area contributed by atoms with Crippen molar-refractivity contribution in [1.82, 2.24) is 9.62 Å². The molecule has 1 fully saturated rings. The van der Waals surface area contributed by atoms with Gasteiger partial charge in [-0.15, -0.1) is 11.3 Å². The van der Waals surface area contributed by atoms with E-state index < -0.39 is 15.9 Å². The third kappa shape index (κ3) is 4.66. The first-order chi connectivity index (χ1) is 15.8. The Kier molecular flexibility index (Phi) is 6.83. The maximum Gasteiger partial charge on any atom is 0.252 e. The van der Waals surface area contributed by atoms with Crippen molar-refractivity contribution >= 4 is 49.6 Å². The molecule has 1 saturated heterocycles. The van der Waals surface area contributed by atoms with E-state index in [1.54, 1.807) is 30.9 Å². The standard InChI is InChI=1S/C24H27N3O4S2/c1-3-26(4-2)33(30,31)23-13-12-19(32-23)15-25-24(29)18-14-22(28)27(16-18)21-11-7-9-17-8-5-6-10-20(17)21/h5-13,18H,3-4,14-16H2,1-2H3,(H,25,29). The Morgan fingerprint density at radius 2 is 1.82 bits per heavy atom. The first kappa shape index (κ1) is 23.4. The number of amides is 2. The van der Waals surface area contributed by atoms with Crippen molar-refractivity contribution < 1.29 is 18.0 Å². The van der Waals surface area contributed by atoms with Crippen LogP contribution < -0.4 is 10.2 Å². The fourth-order valence-electron chi connectivity index (χ4n) is 4.16. The molecule has 33 heavy (non-hydrogen) atoms. The molecular weight excluding hydrogens is 458 g/mol. The van der Waals surface area contributed by atoms with Gasteiger partial charge in [0.25, 0.3) is 10.0 Å². The summed E-state index contributed by atoms with van der Waals surface area (Å²) < 4.78 is 27.0. The normalized spacial score (nSPS) is 16.6. The van der Waals surface area contributed by atoms with Crippen LogP contribution in [-0.4, -0.2) is 44.2 Å². The van der Waals surface area contributed by atoms with E-state index in [2.05, 4.69) is 5.32 Å². The molecule has 174 valence electrons. The van der Waals surface area contributed by atoms with Crippen LogP contribution in [0.4, 0.5) is 5.69 Å². The second-order valence-electron chi connectivity index (χ2n) is 7.93. The molecule has 1 aromatic heterocycles. The van der Waals surface area contributed by atoms with Crippen LogP contribution >= 0.6 is 11.3 Å². The van der Waals surface area contributed by atoms with Crippen LogP contribution in [0.25, 0.3) is 10.8 Å². The van der Waals surface area contributed by atoms with Gasteiger partial charge in [0.1, 0.15) is 4.21 Å². The number of sulfonamides is 1. The topological polar surface area (TPSA) is 86.8 Å². The number of nitrogens with one attached hydrogen (secondary N) is 1. The molecule has 2 heterocycles. The van der Waals surface area contributed by atoms with E-state index in [1.165, 1.54) is 4.31 Å². The molecule has 0 aliphatic carbocycles. The highest BCUT2D eigenvalue weighted by molar-refractivity contribution is 7.91. The lowest BCUT2D eigenvalue weighted by molar-refractivity contribution is -0.126. The smallest absolute Gasteiger partial charge is 0.252 e. The van der Waals surface area contributed by atoms with Crippen molar-refractivity contribution in [3.05, 3.63) is 59.5 Å². The summed E-state index contributed by atoms with van der Waals surface area (Å²) in [5, 5.41) is 4.90. The summed E-state index contributed by atoms with van der Waals surface area (Å²) >= 11 is 1.16. The Balaban J connectivity index is 1.41. The molecular formula is C24H27N3O4S2. The molecule has 7 nitrogen and oxygen atoms in total. The lowest BCUT2D eigenvalue weighted by Gasteiger charge is -2.19. The highest BCUT2D eigenvalue weighted by atomic mass is 32.2. The van der Waals surface area contributed by atoms with E-state index in [0.717, 1.165) is 32.7 Å². The Hall–Kier alpha value is -2.75. The molecule has 1 unspecified atom stereocenters. The molecule has 0 radical (unpaired) electrons. The summed E-state index contributed by atoms with van der Waals surface area (Å²) in [6.45, 7) is 4.98. The van der Waals surface area contributed by atoms with E-state index in [-0.39, 0.29) is 29.0 Å². The zero-order chi connectivity index (χ0) is 23.6. The molecule has 1 N–H and O–H groups in total. The molecule has 4 rings (SSSR count). The van der Waals surface area contributed by atoms with Gasteiger partial charge in [-0.3, -0.25) is 9.59 Å². The largest absolute Gasteiger partial charge is 0.351 e. The number of hydrogen-bond donors (Lipinski definition) is 1. The predicted molar refractivity (Wildman–Crippen MR) is 131 cm³/mol. The highest BCUT2D eigenvalue weighted by Gasteiger charge is 2.35. The van der Waals surface area contributed by atoms with Gasteiger partial charge in [-0.05, 0) is 23.6 Å². The van der Waals surface area contributed by atoms with E-state index in [1.807, 2.05) is 42.5 Å². The quantitative estimate of drug-likeness (QED) is 0.528. The number of hydrogen-bond acceptors (Lipinski definition) is 5. The summed E-state index contributed by atoms with van der Waals surface area (Å²) in [5.41, 5.74) is 0.818. The SMILES string of the molecule is CCN(CC)S(=O)(=O)c1ccc(CNC(=O)C2CC(=O)N(c3cccc4ccccc34)C2)s1. The van der Waals surface area contributed by atoms with Crippen LogP contribution in [-0.2, 0) is 26.2 Å². The van der Waals surface area contributed by atoms with Gasteiger partial charge in [-0.25, -0.2) is 8.42 Å². The van der Waals surface area contributed by atoms with E-state index in [0.29, 0.717) is 19.6 Å². The third-order valence-corrected chi connectivity index (χ3v) is 9.53. The van der Waals surface area contributed by atoms with Crippen LogP contribution in [0.5, 0.6) is 0 Å². The minimum absolute atomic E-state index is 0.0739.